The molecule has 0 saturated carbocycles. The third-order valence-electron chi connectivity index (χ3n) is 4.52. The molecular weight excluding hydrogens is 272 g/mol. The van der Waals surface area contributed by atoms with Gasteiger partial charge in [-0.1, -0.05) is 53.7 Å². The first kappa shape index (κ1) is 13.5. The van der Waals surface area contributed by atoms with Crippen LogP contribution in [0.25, 0.3) is 11.1 Å². The van der Waals surface area contributed by atoms with Crippen LogP contribution >= 0.6 is 0 Å². The van der Waals surface area contributed by atoms with Gasteiger partial charge in [-0.25, -0.2) is 0 Å². The molecule has 2 aliphatic rings. The number of hydrogen-bond acceptors (Lipinski definition) is 3. The highest BCUT2D eigenvalue weighted by molar-refractivity contribution is 6.24. The highest BCUT2D eigenvalue weighted by Crippen LogP contribution is 2.36. The molecule has 22 heavy (non-hydrogen) atoms. The third-order valence-corrected chi connectivity index (χ3v) is 4.52. The van der Waals surface area contributed by atoms with Crippen LogP contribution in [0.2, 0.25) is 0 Å². The molecule has 0 spiro atoms. The zero-order valence-corrected chi connectivity index (χ0v) is 12.6. The maximum Gasteiger partial charge on any atom is 0.121 e. The fraction of sp³-hybridized carbons (Fsp3) is 0.316. The first-order chi connectivity index (χ1) is 10.9. The van der Waals surface area contributed by atoms with Crippen LogP contribution in [0.4, 0.5) is 0 Å². The van der Waals surface area contributed by atoms with Gasteiger partial charge in [-0.15, -0.1) is 0 Å². The molecule has 1 unspecified atom stereocenters. The number of rotatable bonds is 3. The molecule has 1 N–H and O–H groups in total. The van der Waals surface area contributed by atoms with E-state index in [1.807, 2.05) is 0 Å². The van der Waals surface area contributed by atoms with Crippen molar-refractivity contribution in [1.82, 2.24) is 5.32 Å². The molecule has 2 aromatic carbocycles. The summed E-state index contributed by atoms with van der Waals surface area (Å²) in [5, 5.41) is 7.90. The summed E-state index contributed by atoms with van der Waals surface area (Å²) in [6.45, 7) is 2.87. The molecule has 1 aliphatic heterocycles. The standard InChI is InChI=1S/C19H20N2O/c1-3-9-17-15(7-1)16-8-2-4-10-18(16)19(17)21-22-13-14-6-5-11-20-12-14/h1-4,7-10,14,20H,5-6,11-13H2. The van der Waals surface area contributed by atoms with Crippen molar-refractivity contribution in [1.29, 1.82) is 0 Å². The Bertz CT molecular complexity index is 655. The number of piperidine rings is 1. The van der Waals surface area contributed by atoms with Gasteiger partial charge in [-0.3, -0.25) is 0 Å². The lowest BCUT2D eigenvalue weighted by Gasteiger charge is -2.21. The van der Waals surface area contributed by atoms with Crippen molar-refractivity contribution in [2.45, 2.75) is 12.8 Å². The molecule has 0 bridgehead atoms. The van der Waals surface area contributed by atoms with Gasteiger partial charge in [0.05, 0.1) is 0 Å². The maximum absolute atomic E-state index is 5.72. The predicted molar refractivity (Wildman–Crippen MR) is 89.1 cm³/mol. The quantitative estimate of drug-likeness (QED) is 0.750. The Morgan fingerprint density at radius 3 is 2.18 bits per heavy atom. The highest BCUT2D eigenvalue weighted by Gasteiger charge is 2.24. The summed E-state index contributed by atoms with van der Waals surface area (Å²) >= 11 is 0. The average Bonchev–Trinajstić information content (AvgIpc) is 2.91. The fourth-order valence-electron chi connectivity index (χ4n) is 3.37. The topological polar surface area (TPSA) is 33.6 Å². The second kappa shape index (κ2) is 5.93. The van der Waals surface area contributed by atoms with Crippen molar-refractivity contribution in [3.05, 3.63) is 59.7 Å². The normalized spacial score (nSPS) is 19.5. The van der Waals surface area contributed by atoms with Crippen LogP contribution in [-0.4, -0.2) is 25.4 Å². The molecule has 4 rings (SSSR count). The molecule has 112 valence electrons. The fourth-order valence-corrected chi connectivity index (χ4v) is 3.37. The van der Waals surface area contributed by atoms with Gasteiger partial charge in [0.15, 0.2) is 0 Å². The number of fused-ring (bicyclic) bond motifs is 3. The molecule has 1 fully saturated rings. The van der Waals surface area contributed by atoms with Crippen molar-refractivity contribution in [3.63, 3.8) is 0 Å². The molecule has 0 radical (unpaired) electrons. The first-order valence-electron chi connectivity index (χ1n) is 8.03. The number of nitrogens with one attached hydrogen (secondary N) is 1. The van der Waals surface area contributed by atoms with Gasteiger partial charge in [-0.2, -0.15) is 0 Å². The zero-order chi connectivity index (χ0) is 14.8. The summed E-state index contributed by atoms with van der Waals surface area (Å²) in [5.41, 5.74) is 5.81. The Balaban J connectivity index is 1.59. The molecule has 1 atom stereocenters. The van der Waals surface area contributed by atoms with E-state index < -0.39 is 0 Å². The summed E-state index contributed by atoms with van der Waals surface area (Å²) < 4.78 is 0. The van der Waals surface area contributed by atoms with E-state index in [-0.39, 0.29) is 0 Å². The lowest BCUT2D eigenvalue weighted by Crippen LogP contribution is -2.32. The Kier molecular flexibility index (Phi) is 3.65. The number of oxime groups is 1. The van der Waals surface area contributed by atoms with Gasteiger partial charge in [0.25, 0.3) is 0 Å². The SMILES string of the molecule is c1ccc2c(c1)C(=NOCC1CCCNC1)c1ccccc1-2. The Hall–Kier alpha value is -2.13. The van der Waals surface area contributed by atoms with E-state index in [9.17, 15) is 0 Å². The van der Waals surface area contributed by atoms with Crippen LogP contribution in [0.5, 0.6) is 0 Å². The van der Waals surface area contributed by atoms with Gasteiger partial charge < -0.3 is 10.2 Å². The molecule has 0 amide bonds. The van der Waals surface area contributed by atoms with Crippen molar-refractivity contribution >= 4 is 5.71 Å². The monoisotopic (exact) mass is 292 g/mol. The van der Waals surface area contributed by atoms with Crippen LogP contribution < -0.4 is 5.32 Å². The molecule has 3 heteroatoms. The zero-order valence-electron chi connectivity index (χ0n) is 12.6. The molecule has 1 heterocycles. The molecule has 1 aliphatic carbocycles. The van der Waals surface area contributed by atoms with Crippen LogP contribution in [0.1, 0.15) is 24.0 Å². The first-order valence-corrected chi connectivity index (χ1v) is 8.03. The van der Waals surface area contributed by atoms with Crippen LogP contribution in [0.15, 0.2) is 53.7 Å². The van der Waals surface area contributed by atoms with Crippen LogP contribution in [-0.2, 0) is 4.84 Å². The van der Waals surface area contributed by atoms with E-state index in [2.05, 4.69) is 59.0 Å². The highest BCUT2D eigenvalue weighted by atomic mass is 16.6. The van der Waals surface area contributed by atoms with Crippen molar-refractivity contribution in [2.75, 3.05) is 19.7 Å². The molecule has 1 saturated heterocycles. The second-order valence-electron chi connectivity index (χ2n) is 6.04. The second-order valence-corrected chi connectivity index (χ2v) is 6.04. The van der Waals surface area contributed by atoms with Gasteiger partial charge in [0.2, 0.25) is 0 Å². The van der Waals surface area contributed by atoms with E-state index in [0.29, 0.717) is 12.5 Å². The minimum absolute atomic E-state index is 0.574. The smallest absolute Gasteiger partial charge is 0.121 e. The van der Waals surface area contributed by atoms with Crippen molar-refractivity contribution < 1.29 is 4.84 Å². The lowest BCUT2D eigenvalue weighted by atomic mass is 10.0. The van der Waals surface area contributed by atoms with Gasteiger partial charge in [0, 0.05) is 23.6 Å². The number of benzene rings is 2. The van der Waals surface area contributed by atoms with Crippen molar-refractivity contribution in [3.8, 4) is 11.1 Å². The molecule has 2 aromatic rings. The minimum atomic E-state index is 0.574. The van der Waals surface area contributed by atoms with Gasteiger partial charge in [-0.05, 0) is 30.5 Å². The average molecular weight is 292 g/mol. The predicted octanol–water partition coefficient (Wildman–Crippen LogP) is 3.44. The van der Waals surface area contributed by atoms with E-state index in [1.54, 1.807) is 0 Å². The summed E-state index contributed by atoms with van der Waals surface area (Å²) in [4.78, 5) is 5.72. The van der Waals surface area contributed by atoms with Crippen molar-refractivity contribution in [2.24, 2.45) is 11.1 Å². The number of nitrogens with zero attached hydrogens (tertiary/aromatic N) is 1. The maximum atomic E-state index is 5.72. The molecule has 0 aromatic heterocycles. The summed E-state index contributed by atoms with van der Waals surface area (Å²) in [6.07, 6.45) is 2.46. The van der Waals surface area contributed by atoms with Crippen LogP contribution in [0, 0.1) is 5.92 Å². The van der Waals surface area contributed by atoms with E-state index in [1.165, 1.54) is 35.1 Å². The van der Waals surface area contributed by atoms with E-state index >= 15 is 0 Å². The minimum Gasteiger partial charge on any atom is -0.395 e. The Morgan fingerprint density at radius 2 is 1.59 bits per heavy atom. The number of hydrogen-bond donors (Lipinski definition) is 1. The third kappa shape index (κ3) is 2.42. The Labute approximate surface area is 131 Å². The summed E-state index contributed by atoms with van der Waals surface area (Å²) in [5.74, 6) is 0.574. The van der Waals surface area contributed by atoms with E-state index in [4.69, 9.17) is 4.84 Å². The largest absolute Gasteiger partial charge is 0.395 e. The Morgan fingerprint density at radius 1 is 0.955 bits per heavy atom. The van der Waals surface area contributed by atoms with Crippen LogP contribution in [0.3, 0.4) is 0 Å². The van der Waals surface area contributed by atoms with Gasteiger partial charge in [0.1, 0.15) is 12.3 Å². The van der Waals surface area contributed by atoms with Gasteiger partial charge >= 0.3 is 0 Å². The lowest BCUT2D eigenvalue weighted by molar-refractivity contribution is 0.0969. The molecule has 3 nitrogen and oxygen atoms in total. The summed E-state index contributed by atoms with van der Waals surface area (Å²) in [6, 6.07) is 16.8. The van der Waals surface area contributed by atoms with E-state index in [0.717, 1.165) is 18.8 Å². The summed E-state index contributed by atoms with van der Waals surface area (Å²) in [7, 11) is 0. The molecular formula is C19H20N2O.